The minimum atomic E-state index is 0.161. The van der Waals surface area contributed by atoms with Crippen LogP contribution in [0.25, 0.3) is 0 Å². The fraction of sp³-hybridized carbons (Fsp3) is 0.909. The summed E-state index contributed by atoms with van der Waals surface area (Å²) in [6.07, 6.45) is 4.84. The Labute approximate surface area is 97.3 Å². The Morgan fingerprint density at radius 1 is 1.40 bits per heavy atom. The molecule has 0 atom stereocenters. The van der Waals surface area contributed by atoms with Gasteiger partial charge in [-0.25, -0.2) is 0 Å². The molecule has 3 nitrogen and oxygen atoms in total. The maximum absolute atomic E-state index is 11.3. The minimum Gasteiger partial charge on any atom is -0.379 e. The summed E-state index contributed by atoms with van der Waals surface area (Å²) in [7, 11) is 0. The van der Waals surface area contributed by atoms with Crippen LogP contribution in [0.3, 0.4) is 0 Å². The van der Waals surface area contributed by atoms with Crippen LogP contribution in [0.1, 0.15) is 33.1 Å². The zero-order chi connectivity index (χ0) is 11.5. The van der Waals surface area contributed by atoms with E-state index in [2.05, 4.69) is 11.6 Å². The van der Waals surface area contributed by atoms with Gasteiger partial charge >= 0.3 is 0 Å². The Hall–Kier alpha value is -0.220. The van der Waals surface area contributed by atoms with Crippen molar-refractivity contribution in [1.29, 1.82) is 0 Å². The quantitative estimate of drug-likeness (QED) is 0.620. The molecule has 0 saturated heterocycles. The van der Waals surface area contributed by atoms with E-state index in [0.717, 1.165) is 31.7 Å². The summed E-state index contributed by atoms with van der Waals surface area (Å²) in [5.74, 6) is 1.22. The third kappa shape index (κ3) is 11.7. The van der Waals surface area contributed by atoms with Crippen molar-refractivity contribution in [2.45, 2.75) is 39.2 Å². The Morgan fingerprint density at radius 2 is 2.13 bits per heavy atom. The summed E-state index contributed by atoms with van der Waals surface area (Å²) in [4.78, 5) is 11.3. The van der Waals surface area contributed by atoms with Crippen molar-refractivity contribution in [1.82, 2.24) is 5.32 Å². The minimum absolute atomic E-state index is 0.161. The van der Waals surface area contributed by atoms with Crippen LogP contribution in [-0.2, 0) is 9.53 Å². The van der Waals surface area contributed by atoms with Gasteiger partial charge in [-0.2, -0.15) is 11.8 Å². The highest BCUT2D eigenvalue weighted by molar-refractivity contribution is 7.98. The first-order valence-corrected chi connectivity index (χ1v) is 6.93. The van der Waals surface area contributed by atoms with Crippen molar-refractivity contribution in [2.75, 3.05) is 25.2 Å². The molecule has 0 spiro atoms. The molecule has 15 heavy (non-hydrogen) atoms. The zero-order valence-corrected chi connectivity index (χ0v) is 10.9. The third-order valence-electron chi connectivity index (χ3n) is 1.85. The predicted octanol–water partition coefficient (Wildman–Crippen LogP) is 2.06. The van der Waals surface area contributed by atoms with Crippen LogP contribution in [0.15, 0.2) is 0 Å². The molecule has 0 saturated carbocycles. The van der Waals surface area contributed by atoms with E-state index >= 15 is 0 Å². The molecule has 1 amide bonds. The molecule has 90 valence electrons. The van der Waals surface area contributed by atoms with Gasteiger partial charge in [-0.05, 0) is 38.7 Å². The van der Waals surface area contributed by atoms with Gasteiger partial charge in [0.25, 0.3) is 0 Å². The maximum Gasteiger partial charge on any atom is 0.220 e. The lowest BCUT2D eigenvalue weighted by Crippen LogP contribution is -2.25. The van der Waals surface area contributed by atoms with Crippen molar-refractivity contribution in [3.63, 3.8) is 0 Å². The van der Waals surface area contributed by atoms with Crippen LogP contribution >= 0.6 is 11.8 Å². The summed E-state index contributed by atoms with van der Waals surface area (Å²) in [6.45, 7) is 5.48. The number of hydrogen-bond donors (Lipinski definition) is 1. The zero-order valence-electron chi connectivity index (χ0n) is 10.0. The van der Waals surface area contributed by atoms with Gasteiger partial charge in [0.05, 0.1) is 6.10 Å². The van der Waals surface area contributed by atoms with Crippen LogP contribution in [0, 0.1) is 0 Å². The van der Waals surface area contributed by atoms with Gasteiger partial charge in [-0.15, -0.1) is 0 Å². The summed E-state index contributed by atoms with van der Waals surface area (Å²) >= 11 is 1.78. The van der Waals surface area contributed by atoms with E-state index in [0.29, 0.717) is 6.42 Å². The first-order chi connectivity index (χ1) is 7.16. The molecule has 0 aliphatic carbocycles. The molecule has 0 aromatic heterocycles. The number of carbonyl (C=O) groups is 1. The number of carbonyl (C=O) groups excluding carboxylic acids is 1. The fourth-order valence-corrected chi connectivity index (χ4v) is 1.52. The van der Waals surface area contributed by atoms with Crippen LogP contribution in [0.5, 0.6) is 0 Å². The second kappa shape index (κ2) is 10.3. The van der Waals surface area contributed by atoms with Crippen LogP contribution in [0.2, 0.25) is 0 Å². The van der Waals surface area contributed by atoms with E-state index < -0.39 is 0 Å². The smallest absolute Gasteiger partial charge is 0.220 e. The molecule has 0 radical (unpaired) electrons. The molecule has 0 fully saturated rings. The molecule has 1 N–H and O–H groups in total. The Balaban J connectivity index is 3.17. The molecule has 0 bridgehead atoms. The van der Waals surface area contributed by atoms with Crippen LogP contribution < -0.4 is 5.32 Å². The first-order valence-electron chi connectivity index (χ1n) is 5.54. The first kappa shape index (κ1) is 14.8. The highest BCUT2D eigenvalue weighted by Crippen LogP contribution is 1.98. The monoisotopic (exact) mass is 233 g/mol. The Bertz CT molecular complexity index is 163. The number of rotatable bonds is 9. The summed E-state index contributed by atoms with van der Waals surface area (Å²) in [5, 5.41) is 2.89. The summed E-state index contributed by atoms with van der Waals surface area (Å²) in [6, 6.07) is 0. The molecule has 0 aliphatic rings. The van der Waals surface area contributed by atoms with Gasteiger partial charge in [-0.3, -0.25) is 4.79 Å². The highest BCUT2D eigenvalue weighted by Gasteiger charge is 1.99. The van der Waals surface area contributed by atoms with Crippen molar-refractivity contribution < 1.29 is 9.53 Å². The summed E-state index contributed by atoms with van der Waals surface area (Å²) < 4.78 is 5.37. The number of thioether (sulfide) groups is 1. The molecular formula is C11H23NO2S. The third-order valence-corrected chi connectivity index (χ3v) is 2.54. The highest BCUT2D eigenvalue weighted by atomic mass is 32.2. The van der Waals surface area contributed by atoms with Gasteiger partial charge in [0.2, 0.25) is 5.91 Å². The van der Waals surface area contributed by atoms with E-state index in [9.17, 15) is 4.79 Å². The molecular weight excluding hydrogens is 210 g/mol. The van der Waals surface area contributed by atoms with Crippen molar-refractivity contribution in [3.05, 3.63) is 0 Å². The molecule has 0 aromatic rings. The fourth-order valence-electron chi connectivity index (χ4n) is 1.08. The van der Waals surface area contributed by atoms with Gasteiger partial charge in [0.15, 0.2) is 0 Å². The van der Waals surface area contributed by atoms with Crippen molar-refractivity contribution in [3.8, 4) is 0 Å². The Kier molecular flexibility index (Phi) is 10.2. The van der Waals surface area contributed by atoms with Crippen LogP contribution in [-0.4, -0.2) is 37.2 Å². The van der Waals surface area contributed by atoms with Crippen molar-refractivity contribution in [2.24, 2.45) is 0 Å². The maximum atomic E-state index is 11.3. The molecule has 0 aliphatic heterocycles. The predicted molar refractivity (Wildman–Crippen MR) is 66.3 cm³/mol. The standard InChI is InChI=1S/C11H23NO2S/c1-10(2)14-8-5-7-12-11(13)6-4-9-15-3/h10H,4-9H2,1-3H3,(H,12,13). The summed E-state index contributed by atoms with van der Waals surface area (Å²) in [5.41, 5.74) is 0. The molecule has 0 rings (SSSR count). The van der Waals surface area contributed by atoms with Crippen LogP contribution in [0.4, 0.5) is 0 Å². The van der Waals surface area contributed by atoms with E-state index in [-0.39, 0.29) is 12.0 Å². The largest absolute Gasteiger partial charge is 0.379 e. The number of amides is 1. The Morgan fingerprint density at radius 3 is 2.73 bits per heavy atom. The van der Waals surface area contributed by atoms with E-state index in [1.165, 1.54) is 0 Å². The molecule has 4 heteroatoms. The topological polar surface area (TPSA) is 38.3 Å². The van der Waals surface area contributed by atoms with E-state index in [1.54, 1.807) is 11.8 Å². The van der Waals surface area contributed by atoms with Gasteiger partial charge < -0.3 is 10.1 Å². The van der Waals surface area contributed by atoms with E-state index in [4.69, 9.17) is 4.74 Å². The second-order valence-electron chi connectivity index (χ2n) is 3.72. The molecule has 0 heterocycles. The van der Waals surface area contributed by atoms with Gasteiger partial charge in [0, 0.05) is 19.6 Å². The lowest BCUT2D eigenvalue weighted by Gasteiger charge is -2.08. The van der Waals surface area contributed by atoms with Gasteiger partial charge in [-0.1, -0.05) is 0 Å². The number of nitrogens with one attached hydrogen (secondary N) is 1. The molecule has 0 unspecified atom stereocenters. The second-order valence-corrected chi connectivity index (χ2v) is 4.71. The van der Waals surface area contributed by atoms with Gasteiger partial charge in [0.1, 0.15) is 0 Å². The normalized spacial score (nSPS) is 10.7. The SMILES string of the molecule is CSCCCC(=O)NCCCOC(C)C. The average Bonchev–Trinajstić information content (AvgIpc) is 2.17. The molecule has 0 aromatic carbocycles. The number of hydrogen-bond acceptors (Lipinski definition) is 3. The van der Waals surface area contributed by atoms with Crippen molar-refractivity contribution >= 4 is 17.7 Å². The lowest BCUT2D eigenvalue weighted by atomic mass is 10.3. The number of ether oxygens (including phenoxy) is 1. The van der Waals surface area contributed by atoms with E-state index in [1.807, 2.05) is 13.8 Å². The lowest BCUT2D eigenvalue weighted by molar-refractivity contribution is -0.121. The average molecular weight is 233 g/mol.